The fourth-order valence-corrected chi connectivity index (χ4v) is 3.98. The van der Waals surface area contributed by atoms with Crippen LogP contribution in [0.5, 0.6) is 0 Å². The van der Waals surface area contributed by atoms with Crippen molar-refractivity contribution >= 4 is 0 Å². The minimum absolute atomic E-state index is 0.572. The molecule has 1 aliphatic carbocycles. The predicted octanol–water partition coefficient (Wildman–Crippen LogP) is 2.89. The van der Waals surface area contributed by atoms with Crippen molar-refractivity contribution in [3.63, 3.8) is 0 Å². The average Bonchev–Trinajstić information content (AvgIpc) is 2.68. The van der Waals surface area contributed by atoms with Gasteiger partial charge in [0.15, 0.2) is 0 Å². The lowest BCUT2D eigenvalue weighted by Gasteiger charge is -2.43. The normalized spacial score (nSPS) is 37.6. The van der Waals surface area contributed by atoms with E-state index >= 15 is 0 Å². The van der Waals surface area contributed by atoms with E-state index in [-0.39, 0.29) is 0 Å². The van der Waals surface area contributed by atoms with E-state index in [0.717, 1.165) is 18.0 Å². The lowest BCUT2D eigenvalue weighted by molar-refractivity contribution is 0.0721. The molecule has 0 spiro atoms. The van der Waals surface area contributed by atoms with Gasteiger partial charge in [-0.05, 0) is 57.0 Å². The Balaban J connectivity index is 1.84. The van der Waals surface area contributed by atoms with Crippen LogP contribution in [0.3, 0.4) is 0 Å². The highest BCUT2D eigenvalue weighted by Crippen LogP contribution is 2.40. The Morgan fingerprint density at radius 2 is 2.06 bits per heavy atom. The molecule has 0 bridgehead atoms. The van der Waals surface area contributed by atoms with Crippen molar-refractivity contribution in [2.45, 2.75) is 65.0 Å². The summed E-state index contributed by atoms with van der Waals surface area (Å²) in [4.78, 5) is 2.63. The fraction of sp³-hybridized carbons (Fsp3) is 1.00. The topological polar surface area (TPSA) is 15.3 Å². The van der Waals surface area contributed by atoms with Crippen LogP contribution in [0.1, 0.15) is 52.9 Å². The maximum atomic E-state index is 3.62. The Labute approximate surface area is 107 Å². The second-order valence-corrected chi connectivity index (χ2v) is 7.18. The van der Waals surface area contributed by atoms with E-state index < -0.39 is 0 Å². The molecule has 0 radical (unpaired) electrons. The van der Waals surface area contributed by atoms with Crippen LogP contribution in [0, 0.1) is 11.3 Å². The zero-order valence-corrected chi connectivity index (χ0v) is 12.1. The Morgan fingerprint density at radius 1 is 1.29 bits per heavy atom. The van der Waals surface area contributed by atoms with Crippen LogP contribution in [0.2, 0.25) is 0 Å². The largest absolute Gasteiger partial charge is 0.313 e. The van der Waals surface area contributed by atoms with Gasteiger partial charge in [0.2, 0.25) is 0 Å². The summed E-state index contributed by atoms with van der Waals surface area (Å²) in [6, 6.07) is 1.56. The van der Waals surface area contributed by atoms with Gasteiger partial charge in [0.05, 0.1) is 0 Å². The van der Waals surface area contributed by atoms with Crippen molar-refractivity contribution in [2.24, 2.45) is 11.3 Å². The van der Waals surface area contributed by atoms with E-state index in [1.807, 2.05) is 0 Å². The highest BCUT2D eigenvalue weighted by molar-refractivity contribution is 4.89. The molecule has 0 aromatic carbocycles. The van der Waals surface area contributed by atoms with Crippen molar-refractivity contribution < 1.29 is 0 Å². The lowest BCUT2D eigenvalue weighted by atomic mass is 9.70. The van der Waals surface area contributed by atoms with Gasteiger partial charge in [-0.25, -0.2) is 0 Å². The number of likely N-dealkylation sites (N-methyl/N-ethyl adjacent to an activating group) is 1. The highest BCUT2D eigenvalue weighted by Gasteiger charge is 2.34. The summed E-state index contributed by atoms with van der Waals surface area (Å²) in [5, 5.41) is 3.62. The molecule has 1 saturated carbocycles. The van der Waals surface area contributed by atoms with Crippen molar-refractivity contribution in [3.05, 3.63) is 0 Å². The minimum Gasteiger partial charge on any atom is -0.313 e. The summed E-state index contributed by atoms with van der Waals surface area (Å²) in [7, 11) is 2.33. The van der Waals surface area contributed by atoms with Gasteiger partial charge in [0.1, 0.15) is 0 Å². The molecular weight excluding hydrogens is 208 g/mol. The quantitative estimate of drug-likeness (QED) is 0.813. The molecule has 2 heteroatoms. The standard InChI is InChI=1S/C15H30N2/c1-12-10-15(2,3)8-7-14(12)17(4)11-13-6-5-9-16-13/h12-14,16H,5-11H2,1-4H3. The molecule has 17 heavy (non-hydrogen) atoms. The second-order valence-electron chi connectivity index (χ2n) is 7.18. The summed E-state index contributed by atoms with van der Waals surface area (Å²) < 4.78 is 0. The van der Waals surface area contributed by atoms with Crippen LogP contribution in [-0.2, 0) is 0 Å². The number of rotatable bonds is 3. The van der Waals surface area contributed by atoms with E-state index in [1.54, 1.807) is 0 Å². The van der Waals surface area contributed by atoms with Gasteiger partial charge in [-0.1, -0.05) is 20.8 Å². The third-order valence-electron chi connectivity index (χ3n) is 4.89. The monoisotopic (exact) mass is 238 g/mol. The maximum Gasteiger partial charge on any atom is 0.0195 e. The lowest BCUT2D eigenvalue weighted by Crippen LogP contribution is -2.47. The van der Waals surface area contributed by atoms with Crippen molar-refractivity contribution in [1.82, 2.24) is 10.2 Å². The molecule has 0 amide bonds. The first-order valence-corrected chi connectivity index (χ1v) is 7.41. The molecule has 2 fully saturated rings. The van der Waals surface area contributed by atoms with Crippen LogP contribution in [0.4, 0.5) is 0 Å². The molecule has 0 aromatic heterocycles. The number of hydrogen-bond acceptors (Lipinski definition) is 2. The molecule has 0 aromatic rings. The van der Waals surface area contributed by atoms with Crippen LogP contribution < -0.4 is 5.32 Å². The van der Waals surface area contributed by atoms with Gasteiger partial charge < -0.3 is 10.2 Å². The summed E-state index contributed by atoms with van der Waals surface area (Å²) in [6.07, 6.45) is 6.91. The second kappa shape index (κ2) is 5.27. The van der Waals surface area contributed by atoms with Crippen molar-refractivity contribution in [1.29, 1.82) is 0 Å². The molecule has 2 nitrogen and oxygen atoms in total. The summed E-state index contributed by atoms with van der Waals surface area (Å²) in [5.41, 5.74) is 0.572. The van der Waals surface area contributed by atoms with Gasteiger partial charge in [0, 0.05) is 18.6 Å². The minimum atomic E-state index is 0.572. The molecule has 2 aliphatic rings. The Kier molecular flexibility index (Phi) is 4.14. The van der Waals surface area contributed by atoms with Crippen molar-refractivity contribution in [3.8, 4) is 0 Å². The molecular formula is C15H30N2. The third kappa shape index (κ3) is 3.45. The molecule has 3 atom stereocenters. The molecule has 2 rings (SSSR count). The fourth-order valence-electron chi connectivity index (χ4n) is 3.98. The van der Waals surface area contributed by atoms with E-state index in [1.165, 1.54) is 45.2 Å². The Bertz CT molecular complexity index is 243. The van der Waals surface area contributed by atoms with Crippen LogP contribution in [-0.4, -0.2) is 37.1 Å². The van der Waals surface area contributed by atoms with E-state index in [2.05, 4.69) is 38.0 Å². The summed E-state index contributed by atoms with van der Waals surface area (Å²) in [6.45, 7) is 9.78. The van der Waals surface area contributed by atoms with E-state index in [4.69, 9.17) is 0 Å². The molecule has 1 aliphatic heterocycles. The van der Waals surface area contributed by atoms with Crippen LogP contribution in [0.25, 0.3) is 0 Å². The highest BCUT2D eigenvalue weighted by atomic mass is 15.2. The van der Waals surface area contributed by atoms with Gasteiger partial charge in [-0.2, -0.15) is 0 Å². The third-order valence-corrected chi connectivity index (χ3v) is 4.89. The Hall–Kier alpha value is -0.0800. The number of hydrogen-bond donors (Lipinski definition) is 1. The Morgan fingerprint density at radius 3 is 2.65 bits per heavy atom. The zero-order valence-electron chi connectivity index (χ0n) is 12.1. The molecule has 1 N–H and O–H groups in total. The smallest absolute Gasteiger partial charge is 0.0195 e. The first-order chi connectivity index (χ1) is 7.98. The first-order valence-electron chi connectivity index (χ1n) is 7.41. The number of nitrogens with zero attached hydrogens (tertiary/aromatic N) is 1. The van der Waals surface area contributed by atoms with Crippen LogP contribution in [0.15, 0.2) is 0 Å². The predicted molar refractivity (Wildman–Crippen MR) is 74.2 cm³/mol. The SMILES string of the molecule is CC1CC(C)(C)CCC1N(C)CC1CCCN1. The first kappa shape index (κ1) is 13.4. The van der Waals surface area contributed by atoms with Gasteiger partial charge >= 0.3 is 0 Å². The van der Waals surface area contributed by atoms with Gasteiger partial charge in [-0.3, -0.25) is 0 Å². The van der Waals surface area contributed by atoms with Crippen LogP contribution >= 0.6 is 0 Å². The average molecular weight is 238 g/mol. The molecule has 1 saturated heterocycles. The zero-order chi connectivity index (χ0) is 12.5. The maximum absolute atomic E-state index is 3.62. The van der Waals surface area contributed by atoms with E-state index in [9.17, 15) is 0 Å². The molecule has 3 unspecified atom stereocenters. The molecule has 1 heterocycles. The van der Waals surface area contributed by atoms with Gasteiger partial charge in [-0.15, -0.1) is 0 Å². The summed E-state index contributed by atoms with van der Waals surface area (Å²) >= 11 is 0. The number of nitrogens with one attached hydrogen (secondary N) is 1. The summed E-state index contributed by atoms with van der Waals surface area (Å²) in [5.74, 6) is 0.852. The van der Waals surface area contributed by atoms with Crippen molar-refractivity contribution in [2.75, 3.05) is 20.1 Å². The van der Waals surface area contributed by atoms with E-state index in [0.29, 0.717) is 5.41 Å². The van der Waals surface area contributed by atoms with Gasteiger partial charge in [0.25, 0.3) is 0 Å². The molecule has 100 valence electrons.